The van der Waals surface area contributed by atoms with Gasteiger partial charge in [-0.3, -0.25) is 13.9 Å². The number of nitrogens with one attached hydrogen (secondary N) is 1. The summed E-state index contributed by atoms with van der Waals surface area (Å²) in [4.78, 5) is 28.7. The Bertz CT molecular complexity index is 1150. The number of nitrogens with zero attached hydrogens (tertiary/aromatic N) is 2. The fourth-order valence-electron chi connectivity index (χ4n) is 3.00. The molecule has 3 heterocycles. The fourth-order valence-corrected chi connectivity index (χ4v) is 3.00. The zero-order valence-corrected chi connectivity index (χ0v) is 14.1. The average Bonchev–Trinajstić information content (AvgIpc) is 3.34. The quantitative estimate of drug-likeness (QED) is 0.597. The molecule has 0 aliphatic carbocycles. The fraction of sp³-hybridized carbons (Fsp3) is 0.158. The van der Waals surface area contributed by atoms with Crippen molar-refractivity contribution in [2.24, 2.45) is 0 Å². The number of fused-ring (bicyclic) bond motifs is 1. The Morgan fingerprint density at radius 1 is 1.00 bits per heavy atom. The van der Waals surface area contributed by atoms with Crippen LogP contribution in [-0.4, -0.2) is 21.2 Å². The van der Waals surface area contributed by atoms with Gasteiger partial charge < -0.3 is 14.1 Å². The first-order valence-corrected chi connectivity index (χ1v) is 8.12. The van der Waals surface area contributed by atoms with Gasteiger partial charge in [-0.1, -0.05) is 12.1 Å². The zero-order chi connectivity index (χ0) is 18.1. The molecule has 132 valence electrons. The molecule has 0 atom stereocenters. The highest BCUT2D eigenvalue weighted by molar-refractivity contribution is 5.74. The van der Waals surface area contributed by atoms with Crippen LogP contribution in [-0.2, 0) is 13.1 Å². The first-order chi connectivity index (χ1) is 12.7. The van der Waals surface area contributed by atoms with Crippen LogP contribution in [0.5, 0.6) is 5.75 Å². The van der Waals surface area contributed by atoms with Crippen molar-refractivity contribution in [2.45, 2.75) is 13.1 Å². The Morgan fingerprint density at radius 3 is 2.46 bits per heavy atom. The number of aromatic amines is 1. The van der Waals surface area contributed by atoms with Gasteiger partial charge in [0.2, 0.25) is 0 Å². The number of rotatable bonds is 5. The van der Waals surface area contributed by atoms with Crippen LogP contribution in [0.2, 0.25) is 0 Å². The van der Waals surface area contributed by atoms with Gasteiger partial charge in [-0.05, 0) is 29.8 Å². The Labute approximate surface area is 148 Å². The molecule has 1 N–H and O–H groups in total. The van der Waals surface area contributed by atoms with Crippen LogP contribution < -0.4 is 16.0 Å². The zero-order valence-electron chi connectivity index (χ0n) is 14.1. The van der Waals surface area contributed by atoms with Crippen molar-refractivity contribution in [3.63, 3.8) is 0 Å². The number of methoxy groups -OCH3 is 1. The highest BCUT2D eigenvalue weighted by atomic mass is 16.5. The van der Waals surface area contributed by atoms with Crippen LogP contribution in [0.15, 0.2) is 69.1 Å². The first-order valence-electron chi connectivity index (χ1n) is 8.12. The van der Waals surface area contributed by atoms with Gasteiger partial charge in [0.25, 0.3) is 5.56 Å². The minimum atomic E-state index is -0.362. The third kappa shape index (κ3) is 2.73. The van der Waals surface area contributed by atoms with Crippen LogP contribution in [0.4, 0.5) is 0 Å². The lowest BCUT2D eigenvalue weighted by molar-refractivity contribution is 0.414. The van der Waals surface area contributed by atoms with E-state index in [-0.39, 0.29) is 17.8 Å². The second kappa shape index (κ2) is 6.44. The van der Waals surface area contributed by atoms with Gasteiger partial charge in [0.1, 0.15) is 11.3 Å². The summed E-state index contributed by atoms with van der Waals surface area (Å²) in [5.41, 5.74) is 1.97. The van der Waals surface area contributed by atoms with Crippen LogP contribution in [0.1, 0.15) is 11.1 Å². The molecular weight excluding hydrogens is 334 g/mol. The maximum Gasteiger partial charge on any atom is 0.332 e. The number of hydrogen-bond acceptors (Lipinski definition) is 4. The van der Waals surface area contributed by atoms with Gasteiger partial charge in [0.05, 0.1) is 38.2 Å². The number of H-pyrrole nitrogens is 1. The summed E-state index contributed by atoms with van der Waals surface area (Å²) in [6.45, 7) is 0.509. The van der Waals surface area contributed by atoms with Crippen LogP contribution in [0, 0.1) is 0 Å². The number of benzene rings is 1. The predicted molar refractivity (Wildman–Crippen MR) is 96.7 cm³/mol. The molecule has 7 nitrogen and oxygen atoms in total. The van der Waals surface area contributed by atoms with E-state index in [1.54, 1.807) is 54.7 Å². The van der Waals surface area contributed by atoms with E-state index in [1.807, 2.05) is 12.1 Å². The van der Waals surface area contributed by atoms with E-state index in [0.717, 1.165) is 16.9 Å². The lowest BCUT2D eigenvalue weighted by Crippen LogP contribution is -2.40. The van der Waals surface area contributed by atoms with E-state index in [2.05, 4.69) is 4.98 Å². The molecule has 0 fully saturated rings. The van der Waals surface area contributed by atoms with E-state index in [4.69, 9.17) is 9.15 Å². The van der Waals surface area contributed by atoms with Crippen molar-refractivity contribution < 1.29 is 9.15 Å². The smallest absolute Gasteiger partial charge is 0.332 e. The summed E-state index contributed by atoms with van der Waals surface area (Å²) in [6.07, 6.45) is 4.81. The van der Waals surface area contributed by atoms with Crippen molar-refractivity contribution >= 4 is 11.0 Å². The van der Waals surface area contributed by atoms with Crippen LogP contribution >= 0.6 is 0 Å². The van der Waals surface area contributed by atoms with Crippen molar-refractivity contribution in [1.82, 2.24) is 14.1 Å². The Balaban J connectivity index is 1.83. The van der Waals surface area contributed by atoms with Gasteiger partial charge in [0.15, 0.2) is 0 Å². The lowest BCUT2D eigenvalue weighted by Gasteiger charge is -2.12. The second-order valence-corrected chi connectivity index (χ2v) is 5.98. The monoisotopic (exact) mass is 351 g/mol. The highest BCUT2D eigenvalue weighted by Gasteiger charge is 2.15. The molecule has 0 spiro atoms. The molecule has 1 aromatic carbocycles. The molecule has 0 unspecified atom stereocenters. The van der Waals surface area contributed by atoms with Crippen LogP contribution in [0.25, 0.3) is 11.0 Å². The molecule has 3 aromatic heterocycles. The molecule has 0 aliphatic heterocycles. The van der Waals surface area contributed by atoms with Crippen molar-refractivity contribution in [3.8, 4) is 5.75 Å². The minimum absolute atomic E-state index is 0.183. The number of aromatic nitrogens is 3. The molecule has 0 amide bonds. The average molecular weight is 351 g/mol. The molecule has 0 radical (unpaired) electrons. The second-order valence-electron chi connectivity index (χ2n) is 5.98. The number of furan rings is 1. The van der Waals surface area contributed by atoms with E-state index >= 15 is 0 Å². The summed E-state index contributed by atoms with van der Waals surface area (Å²) in [7, 11) is 1.59. The number of ether oxygens (including phenoxy) is 1. The summed E-state index contributed by atoms with van der Waals surface area (Å²) in [5.74, 6) is 0.721. The SMILES string of the molecule is COc1ccc(Cn2c(=O)c3[nH]ccc3n(Cc3ccoc3)c2=O)cc1. The summed E-state index contributed by atoms with van der Waals surface area (Å²) >= 11 is 0. The molecule has 4 aromatic rings. The largest absolute Gasteiger partial charge is 0.497 e. The van der Waals surface area contributed by atoms with Gasteiger partial charge in [0, 0.05) is 11.8 Å². The molecular formula is C19H17N3O4. The lowest BCUT2D eigenvalue weighted by atomic mass is 10.2. The van der Waals surface area contributed by atoms with Crippen molar-refractivity contribution in [3.05, 3.63) is 87.1 Å². The van der Waals surface area contributed by atoms with Gasteiger partial charge in [-0.2, -0.15) is 0 Å². The molecule has 7 heteroatoms. The maximum atomic E-state index is 13.0. The first kappa shape index (κ1) is 16.0. The maximum absolute atomic E-state index is 13.0. The summed E-state index contributed by atoms with van der Waals surface area (Å²) < 4.78 is 13.0. The Morgan fingerprint density at radius 2 is 1.77 bits per heavy atom. The predicted octanol–water partition coefficient (Wildman–Crippen LogP) is 2.19. The molecule has 26 heavy (non-hydrogen) atoms. The van der Waals surface area contributed by atoms with Crippen molar-refractivity contribution in [2.75, 3.05) is 7.11 Å². The van der Waals surface area contributed by atoms with E-state index in [0.29, 0.717) is 17.6 Å². The number of hydrogen-bond donors (Lipinski definition) is 1. The molecule has 4 rings (SSSR count). The van der Waals surface area contributed by atoms with E-state index < -0.39 is 0 Å². The molecule has 0 saturated heterocycles. The van der Waals surface area contributed by atoms with Crippen molar-refractivity contribution in [1.29, 1.82) is 0 Å². The molecule has 0 bridgehead atoms. The normalized spacial score (nSPS) is 11.1. The summed E-state index contributed by atoms with van der Waals surface area (Å²) in [5, 5.41) is 0. The standard InChI is InChI=1S/C19H17N3O4/c1-25-15-4-2-13(3-5-15)10-22-18(23)17-16(6-8-20-17)21(19(22)24)11-14-7-9-26-12-14/h2-9,12,20H,10-11H2,1H3. The Kier molecular flexibility index (Phi) is 3.96. The van der Waals surface area contributed by atoms with Gasteiger partial charge >= 0.3 is 5.69 Å². The Hall–Kier alpha value is -3.48. The highest BCUT2D eigenvalue weighted by Crippen LogP contribution is 2.13. The third-order valence-electron chi connectivity index (χ3n) is 4.36. The summed E-state index contributed by atoms with van der Waals surface area (Å²) in [6, 6.07) is 10.8. The van der Waals surface area contributed by atoms with Gasteiger partial charge in [-0.25, -0.2) is 4.79 Å². The third-order valence-corrected chi connectivity index (χ3v) is 4.36. The van der Waals surface area contributed by atoms with Crippen LogP contribution in [0.3, 0.4) is 0 Å². The van der Waals surface area contributed by atoms with E-state index in [1.165, 1.54) is 4.57 Å². The van der Waals surface area contributed by atoms with Gasteiger partial charge in [-0.15, -0.1) is 0 Å². The molecule has 0 aliphatic rings. The molecule has 0 saturated carbocycles. The van der Waals surface area contributed by atoms with E-state index in [9.17, 15) is 9.59 Å². The minimum Gasteiger partial charge on any atom is -0.497 e. The topological polar surface area (TPSA) is 82.2 Å².